The zero-order valence-electron chi connectivity index (χ0n) is 76.7. The SMILES string of the molecule is COCCOCCOCCOCCOCCOCCOCCOCCC(=O)N[C@@H](CC(N)=O)C(=O)NCC(=O)NCOC[C@](OC1CC1)(c1ccccc1)c1nc(N2CCC(N3CCC(C)(NCC#Cc4ccc(OC)c(N5CCC(=O)N(CNC(=O)[C@H](CC(=O)O)NC(=O)OCC6c7ccccc7-c7ccccc76)C5=O)c4)CC3)CC2)nc2ccc(-c3cn(C)c(=O)c4[nH]ccc34)cc12. The third-order valence-corrected chi connectivity index (χ3v) is 24.2. The standard InChI is InChI=1S/C97H121N15O23/c1-96(103-33-12-13-65-20-25-82(125-4)81(55-65)111-37-29-86(116)112(95(111)123)63-101-91(120)80(58-87(117)118)106-94(122)134-61-77-72-18-10-8-16-70(72)71-17-9-11-19-73(71)77)31-38-109(39-32-96)68-27-35-110(36-28-68)93-105-78-24-21-66(76-60-108(2)92(121)88-74(76)26-34-99-88)56-75(78)89(107-93)97(135-69-22-23-69,67-14-6-5-7-15-67)62-133-64-102-85(115)59-100-90(119)79(57-83(98)113)104-84(114)30-40-126-43-44-128-47-48-130-51-52-132-54-53-131-50-49-129-46-45-127-42-41-124-3/h5-11,14-21,24-26,34,55-56,60,68-69,77,79-80,99,103H,22-23,27-33,35-54,57-59,61-64H2,1-4H3,(H2,98,113)(H,100,119)(H,101,120)(H,102,115)(H,104,114)(H,106,122)(H,117,118)/t79-,80-,97-/m0/s1. The summed E-state index contributed by atoms with van der Waals surface area (Å²) in [4.78, 5) is 153. The maximum Gasteiger partial charge on any atom is 0.407 e. The minimum atomic E-state index is -1.62. The van der Waals surface area contributed by atoms with Gasteiger partial charge in [-0.2, -0.15) is 0 Å². The summed E-state index contributed by atoms with van der Waals surface area (Å²) in [5.74, 6) is 1.20. The number of urea groups is 1. The van der Waals surface area contributed by atoms with Crippen LogP contribution >= 0.6 is 0 Å². The maximum atomic E-state index is 14.2. The number of anilines is 2. The van der Waals surface area contributed by atoms with Crippen LogP contribution in [0.25, 0.3) is 44.1 Å². The maximum absolute atomic E-state index is 14.2. The van der Waals surface area contributed by atoms with Gasteiger partial charge < -0.3 is 119 Å². The molecular formula is C97H121N15O23. The molecule has 0 radical (unpaired) electrons. The number of likely N-dealkylation sites (tertiary alicyclic amines) is 1. The van der Waals surface area contributed by atoms with E-state index in [1.54, 1.807) is 43.1 Å². The molecule has 38 nitrogen and oxygen atoms in total. The number of methoxy groups -OCH3 is 2. The summed E-state index contributed by atoms with van der Waals surface area (Å²) < 4.78 is 70.1. The number of amides is 9. The first kappa shape index (κ1) is 100. The highest BCUT2D eigenvalue weighted by atomic mass is 16.6. The first-order valence-corrected chi connectivity index (χ1v) is 45.7. The lowest BCUT2D eigenvalue weighted by Crippen LogP contribution is -2.57. The number of aliphatic carboxylic acids is 1. The van der Waals surface area contributed by atoms with Crippen molar-refractivity contribution in [2.75, 3.05) is 196 Å². The molecule has 10 N–H and O–H groups in total. The number of ether oxygens (including phenoxy) is 12. The van der Waals surface area contributed by atoms with Crippen molar-refractivity contribution in [3.05, 3.63) is 172 Å². The normalized spacial score (nSPS) is 16.0. The fourth-order valence-corrected chi connectivity index (χ4v) is 16.8. The number of carbonyl (C=O) groups excluding carboxylic acids is 8. The number of benzene rings is 5. The van der Waals surface area contributed by atoms with Crippen LogP contribution in [0.3, 0.4) is 0 Å². The van der Waals surface area contributed by atoms with E-state index in [0.29, 0.717) is 144 Å². The van der Waals surface area contributed by atoms with Gasteiger partial charge in [-0.15, -0.1) is 0 Å². The van der Waals surface area contributed by atoms with Gasteiger partial charge in [0.2, 0.25) is 41.4 Å². The number of piperidine rings is 2. The topological polar surface area (TPSA) is 459 Å². The second-order valence-corrected chi connectivity index (χ2v) is 33.7. The summed E-state index contributed by atoms with van der Waals surface area (Å²) in [6.45, 7) is 9.39. The molecule has 135 heavy (non-hydrogen) atoms. The number of fused-ring (bicyclic) bond motifs is 5. The minimum absolute atomic E-state index is 0.0112. The fourth-order valence-electron chi connectivity index (χ4n) is 16.8. The fraction of sp³-hybridized carbons (Fsp3) is 0.485. The number of carboxylic acids is 1. The highest BCUT2D eigenvalue weighted by Gasteiger charge is 2.46. The summed E-state index contributed by atoms with van der Waals surface area (Å²) in [5, 5.41) is 27.5. The Kier molecular flexibility index (Phi) is 36.9. The highest BCUT2D eigenvalue weighted by molar-refractivity contribution is 6.07. The van der Waals surface area contributed by atoms with Gasteiger partial charge in [0.25, 0.3) is 5.56 Å². The van der Waals surface area contributed by atoms with Crippen LogP contribution in [-0.4, -0.2) is 303 Å². The van der Waals surface area contributed by atoms with Crippen molar-refractivity contribution in [3.63, 3.8) is 0 Å². The van der Waals surface area contributed by atoms with Crippen molar-refractivity contribution in [2.24, 2.45) is 12.8 Å². The Morgan fingerprint density at radius 3 is 1.90 bits per heavy atom. The molecule has 3 saturated heterocycles. The van der Waals surface area contributed by atoms with Gasteiger partial charge in [-0.25, -0.2) is 24.5 Å². The zero-order valence-corrected chi connectivity index (χ0v) is 76.7. The molecule has 8 aromatic rings. The van der Waals surface area contributed by atoms with Crippen molar-refractivity contribution < 1.29 is 105 Å². The zero-order chi connectivity index (χ0) is 95.1. The van der Waals surface area contributed by atoms with Crippen LogP contribution < -0.4 is 57.7 Å². The number of H-pyrrole nitrogens is 1. The van der Waals surface area contributed by atoms with Gasteiger partial charge in [-0.1, -0.05) is 96.8 Å². The van der Waals surface area contributed by atoms with E-state index in [1.165, 1.54) is 12.0 Å². The van der Waals surface area contributed by atoms with Gasteiger partial charge in [-0.3, -0.25) is 43.3 Å². The first-order valence-electron chi connectivity index (χ1n) is 45.7. The van der Waals surface area contributed by atoms with Crippen LogP contribution in [0.2, 0.25) is 0 Å². The Hall–Kier alpha value is -12.4. The number of hydrogen-bond acceptors (Lipinski definition) is 27. The minimum Gasteiger partial charge on any atom is -0.495 e. The van der Waals surface area contributed by atoms with Gasteiger partial charge in [-0.05, 0) is 115 Å². The molecule has 4 fully saturated rings. The summed E-state index contributed by atoms with van der Waals surface area (Å²) >= 11 is 0. The van der Waals surface area contributed by atoms with Crippen LogP contribution in [0.1, 0.15) is 105 Å². The van der Waals surface area contributed by atoms with Gasteiger partial charge in [0, 0.05) is 112 Å². The largest absolute Gasteiger partial charge is 0.495 e. The van der Waals surface area contributed by atoms with Crippen molar-refractivity contribution >= 4 is 87.0 Å². The number of rotatable bonds is 53. The molecule has 2 aliphatic carbocycles. The number of carboxylic acid groups (broad SMARTS) is 1. The number of pyridine rings is 1. The van der Waals surface area contributed by atoms with E-state index in [-0.39, 0.29) is 88.3 Å². The molecule has 1 saturated carbocycles. The van der Waals surface area contributed by atoms with Gasteiger partial charge in [0.05, 0.1) is 162 Å². The second kappa shape index (κ2) is 49.7. The van der Waals surface area contributed by atoms with E-state index in [4.69, 9.17) is 72.5 Å². The number of aryl methyl sites for hydroxylation is 1. The number of hydrogen-bond donors (Lipinski definition) is 9. The lowest BCUT2D eigenvalue weighted by molar-refractivity contribution is -0.140. The molecule has 3 aromatic heterocycles. The molecule has 9 amide bonds. The summed E-state index contributed by atoms with van der Waals surface area (Å²) in [7, 11) is 4.79. The third kappa shape index (κ3) is 27.7. The van der Waals surface area contributed by atoms with Crippen molar-refractivity contribution in [1.82, 2.24) is 61.2 Å². The number of aromatic amines is 1. The van der Waals surface area contributed by atoms with Crippen molar-refractivity contribution in [2.45, 2.75) is 112 Å². The summed E-state index contributed by atoms with van der Waals surface area (Å²) in [6.07, 6.45) is 5.60. The lowest BCUT2D eigenvalue weighted by atomic mass is 9.87. The van der Waals surface area contributed by atoms with Crippen LogP contribution in [-0.2, 0) is 98.3 Å². The summed E-state index contributed by atoms with van der Waals surface area (Å²) in [6, 6.07) is 34.7. The van der Waals surface area contributed by atoms with E-state index >= 15 is 0 Å². The molecular weight excluding hydrogens is 1740 g/mol. The van der Waals surface area contributed by atoms with E-state index < -0.39 is 97.3 Å². The Labute approximate surface area is 782 Å². The van der Waals surface area contributed by atoms with Gasteiger partial charge >= 0.3 is 18.1 Å². The monoisotopic (exact) mass is 1860 g/mol. The molecule has 3 aliphatic heterocycles. The van der Waals surface area contributed by atoms with Gasteiger partial charge in [0.15, 0.2) is 5.60 Å². The van der Waals surface area contributed by atoms with Crippen LogP contribution in [0.4, 0.5) is 21.2 Å². The molecule has 6 heterocycles. The Bertz CT molecular complexity index is 5470. The quantitative estimate of drug-likeness (QED) is 0.0125. The molecule has 5 aliphatic rings. The van der Waals surface area contributed by atoms with E-state index in [9.17, 15) is 53.1 Å². The average molecular weight is 1870 g/mol. The smallest absolute Gasteiger partial charge is 0.407 e. The lowest BCUT2D eigenvalue weighted by Gasteiger charge is -2.45. The molecule has 722 valence electrons. The van der Waals surface area contributed by atoms with E-state index in [2.05, 4.69) is 65.4 Å². The van der Waals surface area contributed by atoms with Crippen molar-refractivity contribution in [1.29, 1.82) is 0 Å². The summed E-state index contributed by atoms with van der Waals surface area (Å²) in [5.41, 5.74) is 12.4. The molecule has 0 bridgehead atoms. The third-order valence-electron chi connectivity index (χ3n) is 24.2. The number of carbonyl (C=O) groups is 9. The number of alkyl carbamates (subject to hydrolysis) is 1. The number of aromatic nitrogens is 4. The van der Waals surface area contributed by atoms with Crippen LogP contribution in [0.5, 0.6) is 5.75 Å². The molecule has 5 aromatic carbocycles. The number of nitrogens with zero attached hydrogens (tertiary/aromatic N) is 7. The van der Waals surface area contributed by atoms with Crippen LogP contribution in [0.15, 0.2) is 139 Å². The highest BCUT2D eigenvalue weighted by Crippen LogP contribution is 2.47. The average Bonchev–Trinajstić information content (AvgIpc) is 1.57. The number of primary amides is 1. The molecule has 0 spiro atoms. The predicted octanol–water partition coefficient (Wildman–Crippen LogP) is 5.71. The van der Waals surface area contributed by atoms with Crippen LogP contribution in [0, 0.1) is 11.8 Å². The van der Waals surface area contributed by atoms with Gasteiger partial charge in [0.1, 0.15) is 43.4 Å². The number of nitrogens with one attached hydrogen (secondary N) is 7. The Morgan fingerprint density at radius 2 is 1.27 bits per heavy atom. The molecule has 3 atom stereocenters. The molecule has 0 unspecified atom stereocenters. The van der Waals surface area contributed by atoms with Crippen molar-refractivity contribution in [3.8, 4) is 39.8 Å². The first-order chi connectivity index (χ1) is 65.6. The predicted molar refractivity (Wildman–Crippen MR) is 497 cm³/mol. The molecule has 13 rings (SSSR count). The molecule has 38 heteroatoms. The number of imide groups is 1. The Morgan fingerprint density at radius 1 is 0.644 bits per heavy atom. The Balaban J connectivity index is 0.585. The van der Waals surface area contributed by atoms with E-state index in [1.807, 2.05) is 109 Å². The number of nitrogens with two attached hydrogens (primary N) is 1. The van der Waals surface area contributed by atoms with E-state index in [0.717, 1.165) is 101 Å². The second-order valence-electron chi connectivity index (χ2n) is 33.7.